The number of benzene rings is 2. The first-order chi connectivity index (χ1) is 13.9. The molecular formula is C21H23BrN4O2S. The summed E-state index contributed by atoms with van der Waals surface area (Å²) in [6.07, 6.45) is 0. The van der Waals surface area contributed by atoms with Crippen molar-refractivity contribution < 1.29 is 9.47 Å². The summed E-state index contributed by atoms with van der Waals surface area (Å²) in [5.74, 6) is 1.39. The highest BCUT2D eigenvalue weighted by Crippen LogP contribution is 2.29. The van der Waals surface area contributed by atoms with E-state index in [2.05, 4.69) is 43.8 Å². The minimum absolute atomic E-state index is 0.450. The first-order valence-electron chi connectivity index (χ1n) is 8.99. The molecule has 6 nitrogen and oxygen atoms in total. The van der Waals surface area contributed by atoms with Gasteiger partial charge >= 0.3 is 0 Å². The zero-order valence-electron chi connectivity index (χ0n) is 16.7. The fourth-order valence-electron chi connectivity index (χ4n) is 2.97. The summed E-state index contributed by atoms with van der Waals surface area (Å²) >= 11 is 8.98. The number of methoxy groups -OCH3 is 2. The molecule has 2 aromatic carbocycles. The van der Waals surface area contributed by atoms with Gasteiger partial charge < -0.3 is 20.1 Å². The summed E-state index contributed by atoms with van der Waals surface area (Å²) < 4.78 is 13.7. The number of rotatable bonds is 6. The smallest absolute Gasteiger partial charge is 0.175 e. The molecule has 0 aliphatic heterocycles. The van der Waals surface area contributed by atoms with Crippen LogP contribution in [0.5, 0.6) is 11.5 Å². The van der Waals surface area contributed by atoms with Crippen LogP contribution < -0.4 is 20.1 Å². The number of thiocarbonyl (C=S) groups is 1. The zero-order chi connectivity index (χ0) is 21.0. The molecule has 3 rings (SSSR count). The molecular weight excluding hydrogens is 452 g/mol. The van der Waals surface area contributed by atoms with Crippen molar-refractivity contribution >= 4 is 44.6 Å². The number of anilines is 2. The van der Waals surface area contributed by atoms with Gasteiger partial charge in [0.25, 0.3) is 0 Å². The van der Waals surface area contributed by atoms with Gasteiger partial charge in [0.05, 0.1) is 43.5 Å². The molecule has 8 heteroatoms. The molecule has 0 spiro atoms. The molecule has 0 bridgehead atoms. The minimum atomic E-state index is 0.450. The third-order valence-electron chi connectivity index (χ3n) is 4.52. The van der Waals surface area contributed by atoms with Crippen molar-refractivity contribution in [3.63, 3.8) is 0 Å². The zero-order valence-corrected chi connectivity index (χ0v) is 19.1. The molecule has 0 unspecified atom stereocenters. The van der Waals surface area contributed by atoms with E-state index in [1.165, 1.54) is 5.56 Å². The van der Waals surface area contributed by atoms with E-state index in [-0.39, 0.29) is 0 Å². The van der Waals surface area contributed by atoms with Gasteiger partial charge in [-0.15, -0.1) is 0 Å². The fraction of sp³-hybridized carbons (Fsp3) is 0.238. The molecule has 0 atom stereocenters. The fourth-order valence-corrected chi connectivity index (χ4v) is 3.45. The van der Waals surface area contributed by atoms with Gasteiger partial charge in [-0.25, -0.2) is 0 Å². The van der Waals surface area contributed by atoms with Crippen molar-refractivity contribution in [2.24, 2.45) is 0 Å². The van der Waals surface area contributed by atoms with Gasteiger partial charge in [-0.3, -0.25) is 4.68 Å². The van der Waals surface area contributed by atoms with Crippen molar-refractivity contribution in [2.75, 3.05) is 24.9 Å². The van der Waals surface area contributed by atoms with Crippen molar-refractivity contribution in [3.8, 4) is 11.5 Å². The number of halogens is 1. The summed E-state index contributed by atoms with van der Waals surface area (Å²) in [6.45, 7) is 4.67. The van der Waals surface area contributed by atoms with Gasteiger partial charge in [0.2, 0.25) is 0 Å². The number of ether oxygens (including phenoxy) is 2. The van der Waals surface area contributed by atoms with Crippen molar-refractivity contribution in [3.05, 3.63) is 63.9 Å². The Balaban J connectivity index is 1.76. The predicted molar refractivity (Wildman–Crippen MR) is 124 cm³/mol. The van der Waals surface area contributed by atoms with Crippen LogP contribution in [-0.2, 0) is 6.54 Å². The maximum absolute atomic E-state index is 5.52. The van der Waals surface area contributed by atoms with E-state index in [9.17, 15) is 0 Å². The van der Waals surface area contributed by atoms with Crippen LogP contribution in [0.1, 0.15) is 17.0 Å². The average molecular weight is 475 g/mol. The van der Waals surface area contributed by atoms with Crippen molar-refractivity contribution in [1.82, 2.24) is 9.78 Å². The van der Waals surface area contributed by atoms with Crippen molar-refractivity contribution in [1.29, 1.82) is 0 Å². The lowest BCUT2D eigenvalue weighted by Crippen LogP contribution is -2.20. The van der Waals surface area contributed by atoms with E-state index in [4.69, 9.17) is 21.7 Å². The van der Waals surface area contributed by atoms with E-state index in [0.717, 1.165) is 27.2 Å². The number of aryl methyl sites for hydroxylation is 1. The number of nitrogens with one attached hydrogen (secondary N) is 2. The van der Waals surface area contributed by atoms with Crippen LogP contribution in [0.3, 0.4) is 0 Å². The third-order valence-corrected chi connectivity index (χ3v) is 5.25. The number of hydrogen-bond acceptors (Lipinski definition) is 4. The van der Waals surface area contributed by atoms with E-state index < -0.39 is 0 Å². The first-order valence-corrected chi connectivity index (χ1v) is 10.2. The molecule has 0 radical (unpaired) electrons. The normalized spacial score (nSPS) is 10.5. The van der Waals surface area contributed by atoms with Gasteiger partial charge in [-0.05, 0) is 55.9 Å². The second kappa shape index (κ2) is 9.28. The molecule has 1 heterocycles. The summed E-state index contributed by atoms with van der Waals surface area (Å²) in [5, 5.41) is 11.6. The summed E-state index contributed by atoms with van der Waals surface area (Å²) in [4.78, 5) is 0. The standard InChI is InChI=1S/C21H23BrN4O2S/c1-13-20(14(2)26(25-13)12-15-5-7-16(22)8-6-15)24-21(29)23-18-11-17(27-3)9-10-19(18)28-4/h5-11H,12H2,1-4H3,(H2,23,24,29). The largest absolute Gasteiger partial charge is 0.497 e. The Morgan fingerprint density at radius 3 is 2.45 bits per heavy atom. The predicted octanol–water partition coefficient (Wildman–Crippen LogP) is 5.14. The van der Waals surface area contributed by atoms with Crippen LogP contribution in [-0.4, -0.2) is 29.1 Å². The number of nitrogens with zero attached hydrogens (tertiary/aromatic N) is 2. The van der Waals surface area contributed by atoms with Crippen LogP contribution in [0.4, 0.5) is 11.4 Å². The number of aromatic nitrogens is 2. The molecule has 0 aliphatic carbocycles. The van der Waals surface area contributed by atoms with Crippen LogP contribution in [0.25, 0.3) is 0 Å². The lowest BCUT2D eigenvalue weighted by molar-refractivity contribution is 0.405. The van der Waals surface area contributed by atoms with Gasteiger partial charge in [-0.1, -0.05) is 28.1 Å². The van der Waals surface area contributed by atoms with Crippen LogP contribution in [0.15, 0.2) is 46.9 Å². The maximum atomic E-state index is 5.52. The minimum Gasteiger partial charge on any atom is -0.497 e. The first kappa shape index (κ1) is 21.1. The third kappa shape index (κ3) is 5.07. The Hall–Kier alpha value is -2.58. The maximum Gasteiger partial charge on any atom is 0.175 e. The Labute approximate surface area is 184 Å². The Morgan fingerprint density at radius 1 is 1.07 bits per heavy atom. The highest BCUT2D eigenvalue weighted by atomic mass is 79.9. The molecule has 29 heavy (non-hydrogen) atoms. The molecule has 3 aromatic rings. The Kier molecular flexibility index (Phi) is 6.76. The topological polar surface area (TPSA) is 60.3 Å². The summed E-state index contributed by atoms with van der Waals surface area (Å²) in [5.41, 5.74) is 4.67. The van der Waals surface area contributed by atoms with Crippen LogP contribution in [0, 0.1) is 13.8 Å². The van der Waals surface area contributed by atoms with Crippen LogP contribution >= 0.6 is 28.1 Å². The molecule has 0 aliphatic rings. The second-order valence-corrected chi connectivity index (χ2v) is 7.80. The highest BCUT2D eigenvalue weighted by Gasteiger charge is 2.14. The molecule has 0 saturated heterocycles. The van der Waals surface area contributed by atoms with Gasteiger partial charge in [0.1, 0.15) is 11.5 Å². The second-order valence-electron chi connectivity index (χ2n) is 6.48. The lowest BCUT2D eigenvalue weighted by Gasteiger charge is -2.15. The molecule has 152 valence electrons. The quantitative estimate of drug-likeness (QED) is 0.482. The summed E-state index contributed by atoms with van der Waals surface area (Å²) in [7, 11) is 3.23. The Bertz CT molecular complexity index is 1020. The van der Waals surface area contributed by atoms with Crippen LogP contribution in [0.2, 0.25) is 0 Å². The lowest BCUT2D eigenvalue weighted by atomic mass is 10.2. The van der Waals surface area contributed by atoms with Crippen molar-refractivity contribution in [2.45, 2.75) is 20.4 Å². The van der Waals surface area contributed by atoms with Gasteiger partial charge in [0.15, 0.2) is 5.11 Å². The average Bonchev–Trinajstić information content (AvgIpc) is 2.97. The SMILES string of the molecule is COc1ccc(OC)c(NC(=S)Nc2c(C)nn(Cc3ccc(Br)cc3)c2C)c1. The van der Waals surface area contributed by atoms with E-state index >= 15 is 0 Å². The molecule has 0 amide bonds. The van der Waals surface area contributed by atoms with Gasteiger partial charge in [-0.2, -0.15) is 5.10 Å². The molecule has 2 N–H and O–H groups in total. The Morgan fingerprint density at radius 2 is 1.79 bits per heavy atom. The molecule has 0 fully saturated rings. The van der Waals surface area contributed by atoms with E-state index in [1.54, 1.807) is 14.2 Å². The summed E-state index contributed by atoms with van der Waals surface area (Å²) in [6, 6.07) is 13.7. The highest BCUT2D eigenvalue weighted by molar-refractivity contribution is 9.10. The monoisotopic (exact) mass is 474 g/mol. The molecule has 1 aromatic heterocycles. The van der Waals surface area contributed by atoms with E-state index in [0.29, 0.717) is 23.2 Å². The number of hydrogen-bond donors (Lipinski definition) is 2. The molecule has 0 saturated carbocycles. The van der Waals surface area contributed by atoms with E-state index in [1.807, 2.05) is 48.9 Å². The van der Waals surface area contributed by atoms with Gasteiger partial charge in [0, 0.05) is 10.5 Å².